The Morgan fingerprint density at radius 3 is 3.05 bits per heavy atom. The summed E-state index contributed by atoms with van der Waals surface area (Å²) in [7, 11) is 0. The Labute approximate surface area is 121 Å². The predicted molar refractivity (Wildman–Crippen MR) is 75.7 cm³/mol. The van der Waals surface area contributed by atoms with Crippen LogP contribution in [0.3, 0.4) is 0 Å². The molecule has 0 spiro atoms. The second-order valence-electron chi connectivity index (χ2n) is 4.60. The molecule has 0 bridgehead atoms. The van der Waals surface area contributed by atoms with Crippen LogP contribution in [0.25, 0.3) is 0 Å². The van der Waals surface area contributed by atoms with Crippen LogP contribution in [0.1, 0.15) is 6.42 Å². The largest absolute Gasteiger partial charge is 0.482 e. The van der Waals surface area contributed by atoms with Gasteiger partial charge in [-0.1, -0.05) is 0 Å². The highest BCUT2D eigenvalue weighted by Crippen LogP contribution is 2.30. The first-order valence-corrected chi connectivity index (χ1v) is 6.50. The van der Waals surface area contributed by atoms with Crippen LogP contribution in [0, 0.1) is 0 Å². The smallest absolute Gasteiger partial charge is 0.404 e. The van der Waals surface area contributed by atoms with E-state index in [0.717, 1.165) is 5.69 Å². The van der Waals surface area contributed by atoms with Crippen molar-refractivity contribution in [1.82, 2.24) is 5.32 Å². The Morgan fingerprint density at radius 2 is 2.29 bits per heavy atom. The summed E-state index contributed by atoms with van der Waals surface area (Å²) in [6, 6.07) is 5.22. The van der Waals surface area contributed by atoms with Gasteiger partial charge in [0.2, 0.25) is 0 Å². The second-order valence-corrected chi connectivity index (χ2v) is 4.60. The fraction of sp³-hybridized carbons (Fsp3) is 0.385. The van der Waals surface area contributed by atoms with Crippen LogP contribution in [0.15, 0.2) is 18.2 Å². The molecule has 2 amide bonds. The fourth-order valence-electron chi connectivity index (χ4n) is 1.88. The molecule has 1 unspecified atom stereocenters. The van der Waals surface area contributed by atoms with E-state index in [4.69, 9.17) is 9.84 Å². The highest BCUT2D eigenvalue weighted by atomic mass is 16.5. The van der Waals surface area contributed by atoms with E-state index in [2.05, 4.69) is 16.0 Å². The molecule has 0 aliphatic carbocycles. The topological polar surface area (TPSA) is 120 Å². The maximum absolute atomic E-state index is 11.2. The molecule has 8 nitrogen and oxygen atoms in total. The van der Waals surface area contributed by atoms with Gasteiger partial charge >= 0.3 is 6.09 Å². The van der Waals surface area contributed by atoms with E-state index in [9.17, 15) is 14.7 Å². The monoisotopic (exact) mass is 295 g/mol. The predicted octanol–water partition coefficient (Wildman–Crippen LogP) is 0.448. The Kier molecular flexibility index (Phi) is 4.83. The zero-order chi connectivity index (χ0) is 15.2. The average molecular weight is 295 g/mol. The van der Waals surface area contributed by atoms with Gasteiger partial charge in [-0.2, -0.15) is 0 Å². The first-order chi connectivity index (χ1) is 10.0. The summed E-state index contributed by atoms with van der Waals surface area (Å²) >= 11 is 0. The lowest BCUT2D eigenvalue weighted by molar-refractivity contribution is -0.118. The number of hydrogen-bond acceptors (Lipinski definition) is 5. The minimum absolute atomic E-state index is 0.00899. The summed E-state index contributed by atoms with van der Waals surface area (Å²) in [5.41, 5.74) is 1.31. The van der Waals surface area contributed by atoms with Crippen LogP contribution in [0.5, 0.6) is 5.75 Å². The van der Waals surface area contributed by atoms with Gasteiger partial charge in [0.1, 0.15) is 5.75 Å². The first-order valence-electron chi connectivity index (χ1n) is 6.50. The highest BCUT2D eigenvalue weighted by molar-refractivity contribution is 5.96. The van der Waals surface area contributed by atoms with Crippen LogP contribution in [-0.2, 0) is 4.79 Å². The number of carbonyl (C=O) groups is 2. The third-order valence-electron chi connectivity index (χ3n) is 2.91. The van der Waals surface area contributed by atoms with Gasteiger partial charge in [-0.3, -0.25) is 4.79 Å². The van der Waals surface area contributed by atoms with E-state index in [1.165, 1.54) is 0 Å². The van der Waals surface area contributed by atoms with Crippen molar-refractivity contribution in [3.8, 4) is 5.75 Å². The average Bonchev–Trinajstić information content (AvgIpc) is 2.44. The van der Waals surface area contributed by atoms with Gasteiger partial charge in [0.05, 0.1) is 11.8 Å². The van der Waals surface area contributed by atoms with Gasteiger partial charge in [-0.05, 0) is 24.6 Å². The molecule has 8 heteroatoms. The van der Waals surface area contributed by atoms with Crippen molar-refractivity contribution in [3.63, 3.8) is 0 Å². The molecule has 5 N–H and O–H groups in total. The fourth-order valence-corrected chi connectivity index (χ4v) is 1.88. The molecule has 1 heterocycles. The molecule has 21 heavy (non-hydrogen) atoms. The zero-order valence-corrected chi connectivity index (χ0v) is 11.3. The van der Waals surface area contributed by atoms with Crippen LogP contribution >= 0.6 is 0 Å². The van der Waals surface area contributed by atoms with Crippen molar-refractivity contribution in [2.45, 2.75) is 12.5 Å². The summed E-state index contributed by atoms with van der Waals surface area (Å²) in [5.74, 6) is 0.394. The minimum Gasteiger partial charge on any atom is -0.482 e. The standard InChI is InChI=1S/C13H17N3O5/c17-9(3-4-14-13(19)20)6-15-8-1-2-11-10(5-8)16-12(18)7-21-11/h1-2,5,9,14-15,17H,3-4,6-7H2,(H,16,18)(H,19,20). The summed E-state index contributed by atoms with van der Waals surface area (Å²) in [4.78, 5) is 21.5. The number of aliphatic hydroxyl groups excluding tert-OH is 1. The highest BCUT2D eigenvalue weighted by Gasteiger charge is 2.16. The lowest BCUT2D eigenvalue weighted by Crippen LogP contribution is -2.28. The number of anilines is 2. The van der Waals surface area contributed by atoms with Gasteiger partial charge in [-0.15, -0.1) is 0 Å². The SMILES string of the molecule is O=C(O)NCCC(O)CNc1ccc2c(c1)NC(=O)CO2. The normalized spacial score (nSPS) is 14.4. The number of benzene rings is 1. The molecule has 1 aliphatic rings. The number of aliphatic hydroxyl groups is 1. The van der Waals surface area contributed by atoms with Crippen molar-refractivity contribution >= 4 is 23.4 Å². The van der Waals surface area contributed by atoms with Gasteiger partial charge < -0.3 is 30.9 Å². The summed E-state index contributed by atoms with van der Waals surface area (Å²) in [6.45, 7) is 0.468. The Morgan fingerprint density at radius 1 is 1.48 bits per heavy atom. The molecule has 0 saturated carbocycles. The third kappa shape index (κ3) is 4.53. The first kappa shape index (κ1) is 14.9. The number of rotatable bonds is 6. The molecule has 114 valence electrons. The Balaban J connectivity index is 1.82. The molecule has 0 saturated heterocycles. The number of nitrogens with one attached hydrogen (secondary N) is 3. The van der Waals surface area contributed by atoms with Gasteiger partial charge in [0.15, 0.2) is 6.61 Å². The van der Waals surface area contributed by atoms with Crippen molar-refractivity contribution in [2.75, 3.05) is 30.3 Å². The van der Waals surface area contributed by atoms with Crippen LogP contribution < -0.4 is 20.7 Å². The van der Waals surface area contributed by atoms with Crippen molar-refractivity contribution in [3.05, 3.63) is 18.2 Å². The molecular formula is C13H17N3O5. The van der Waals surface area contributed by atoms with E-state index in [-0.39, 0.29) is 25.6 Å². The van der Waals surface area contributed by atoms with E-state index in [0.29, 0.717) is 17.9 Å². The van der Waals surface area contributed by atoms with E-state index < -0.39 is 12.2 Å². The molecule has 1 aromatic rings. The summed E-state index contributed by atoms with van der Waals surface area (Å²) < 4.78 is 5.24. The van der Waals surface area contributed by atoms with Gasteiger partial charge in [0.25, 0.3) is 5.91 Å². The van der Waals surface area contributed by atoms with Crippen LogP contribution in [0.4, 0.5) is 16.2 Å². The molecular weight excluding hydrogens is 278 g/mol. The molecule has 1 aliphatic heterocycles. The Hall–Kier alpha value is -2.48. The third-order valence-corrected chi connectivity index (χ3v) is 2.91. The number of carboxylic acid groups (broad SMARTS) is 1. The minimum atomic E-state index is -1.11. The number of ether oxygens (including phenoxy) is 1. The van der Waals surface area contributed by atoms with E-state index in [1.54, 1.807) is 18.2 Å². The number of fused-ring (bicyclic) bond motifs is 1. The van der Waals surface area contributed by atoms with E-state index >= 15 is 0 Å². The van der Waals surface area contributed by atoms with Gasteiger partial charge in [-0.25, -0.2) is 4.79 Å². The molecule has 2 rings (SSSR count). The maximum atomic E-state index is 11.2. The van der Waals surface area contributed by atoms with Gasteiger partial charge in [0, 0.05) is 18.8 Å². The second kappa shape index (κ2) is 6.80. The van der Waals surface area contributed by atoms with Crippen LogP contribution in [-0.4, -0.2) is 48.0 Å². The summed E-state index contributed by atoms with van der Waals surface area (Å²) in [6.07, 6.45) is -1.48. The molecule has 0 fully saturated rings. The Bertz CT molecular complexity index is 535. The van der Waals surface area contributed by atoms with Crippen molar-refractivity contribution in [1.29, 1.82) is 0 Å². The number of hydrogen-bond donors (Lipinski definition) is 5. The molecule has 0 radical (unpaired) electrons. The zero-order valence-electron chi connectivity index (χ0n) is 11.3. The van der Waals surface area contributed by atoms with Crippen molar-refractivity contribution in [2.24, 2.45) is 0 Å². The van der Waals surface area contributed by atoms with Crippen LogP contribution in [0.2, 0.25) is 0 Å². The lowest BCUT2D eigenvalue weighted by atomic mass is 10.2. The lowest BCUT2D eigenvalue weighted by Gasteiger charge is -2.19. The quantitative estimate of drug-likeness (QED) is 0.519. The molecule has 0 aromatic heterocycles. The number of amides is 2. The van der Waals surface area contributed by atoms with E-state index in [1.807, 2.05) is 0 Å². The number of carbonyl (C=O) groups excluding carboxylic acids is 1. The summed E-state index contributed by atoms with van der Waals surface area (Å²) in [5, 5.41) is 26.0. The van der Waals surface area contributed by atoms with Crippen molar-refractivity contribution < 1.29 is 24.5 Å². The maximum Gasteiger partial charge on any atom is 0.404 e. The molecule has 1 atom stereocenters. The molecule has 1 aromatic carbocycles.